The summed E-state index contributed by atoms with van der Waals surface area (Å²) in [6.07, 6.45) is 2.24. The fourth-order valence-corrected chi connectivity index (χ4v) is 4.62. The summed E-state index contributed by atoms with van der Waals surface area (Å²) in [6.45, 7) is 3.94. The zero-order valence-corrected chi connectivity index (χ0v) is 19.0. The van der Waals surface area contributed by atoms with Crippen LogP contribution in [0, 0.1) is 0 Å². The van der Waals surface area contributed by atoms with Crippen molar-refractivity contribution in [1.82, 2.24) is 9.80 Å². The van der Waals surface area contributed by atoms with Gasteiger partial charge in [-0.05, 0) is 34.9 Å². The van der Waals surface area contributed by atoms with Crippen LogP contribution in [-0.4, -0.2) is 34.7 Å². The number of carbonyl (C=O) groups is 2. The molecule has 2 heterocycles. The first-order valence-electron chi connectivity index (χ1n) is 10.3. The normalized spacial score (nSPS) is 10.7. The largest absolute Gasteiger partial charge is 0.333 e. The molecule has 0 aliphatic carbocycles. The first-order chi connectivity index (χ1) is 14.7. The number of nitrogens with zero attached hydrogens (tertiary/aromatic N) is 2. The molecule has 0 bridgehead atoms. The summed E-state index contributed by atoms with van der Waals surface area (Å²) in [5.74, 6) is 0.0120. The van der Waals surface area contributed by atoms with E-state index in [1.165, 1.54) is 0 Å². The molecule has 0 fully saturated rings. The Balaban J connectivity index is 1.71. The lowest BCUT2D eigenvalue weighted by Gasteiger charge is -2.27. The van der Waals surface area contributed by atoms with Crippen LogP contribution in [0.1, 0.15) is 35.1 Å². The zero-order valence-electron chi connectivity index (χ0n) is 17.3. The van der Waals surface area contributed by atoms with Gasteiger partial charge in [-0.15, -0.1) is 22.7 Å². The molecule has 3 rings (SSSR count). The SMILES string of the molecule is CCCCN(CC(=O)N(Cc1ccccc1)Cc1cccs1)C(=O)Cc1cccs1. The topological polar surface area (TPSA) is 40.6 Å². The van der Waals surface area contributed by atoms with E-state index in [4.69, 9.17) is 0 Å². The Labute approximate surface area is 186 Å². The minimum Gasteiger partial charge on any atom is -0.333 e. The molecule has 2 aromatic heterocycles. The number of amides is 2. The molecular formula is C24H28N2O2S2. The first kappa shape index (κ1) is 22.2. The third kappa shape index (κ3) is 6.82. The third-order valence-corrected chi connectivity index (χ3v) is 6.60. The van der Waals surface area contributed by atoms with Gasteiger partial charge in [-0.3, -0.25) is 9.59 Å². The van der Waals surface area contributed by atoms with Gasteiger partial charge in [-0.25, -0.2) is 0 Å². The number of hydrogen-bond acceptors (Lipinski definition) is 4. The van der Waals surface area contributed by atoms with Crippen LogP contribution in [0.4, 0.5) is 0 Å². The highest BCUT2D eigenvalue weighted by Crippen LogP contribution is 2.16. The van der Waals surface area contributed by atoms with Crippen molar-refractivity contribution < 1.29 is 9.59 Å². The summed E-state index contributed by atoms with van der Waals surface area (Å²) in [6, 6.07) is 18.0. The quantitative estimate of drug-likeness (QED) is 0.411. The molecule has 0 aliphatic heterocycles. The second-order valence-corrected chi connectivity index (χ2v) is 9.30. The number of thiophene rings is 2. The maximum atomic E-state index is 13.3. The number of hydrogen-bond donors (Lipinski definition) is 0. The van der Waals surface area contributed by atoms with Crippen molar-refractivity contribution in [2.75, 3.05) is 13.1 Å². The van der Waals surface area contributed by atoms with Crippen LogP contribution < -0.4 is 0 Å². The summed E-state index contributed by atoms with van der Waals surface area (Å²) in [5, 5.41) is 4.01. The number of unbranched alkanes of at least 4 members (excludes halogenated alkanes) is 1. The Morgan fingerprint density at radius 2 is 1.50 bits per heavy atom. The van der Waals surface area contributed by atoms with Gasteiger partial charge in [-0.2, -0.15) is 0 Å². The predicted molar refractivity (Wildman–Crippen MR) is 125 cm³/mol. The maximum absolute atomic E-state index is 13.3. The van der Waals surface area contributed by atoms with Crippen molar-refractivity contribution in [2.24, 2.45) is 0 Å². The molecule has 0 atom stereocenters. The summed E-state index contributed by atoms with van der Waals surface area (Å²) in [5.41, 5.74) is 1.09. The van der Waals surface area contributed by atoms with Gasteiger partial charge in [0.2, 0.25) is 11.8 Å². The van der Waals surface area contributed by atoms with Crippen LogP contribution in [0.25, 0.3) is 0 Å². The average molecular weight is 441 g/mol. The molecule has 0 aliphatic rings. The van der Waals surface area contributed by atoms with Gasteiger partial charge in [0, 0.05) is 22.8 Å². The van der Waals surface area contributed by atoms with Crippen LogP contribution >= 0.6 is 22.7 Å². The summed E-state index contributed by atoms with van der Waals surface area (Å²) in [4.78, 5) is 32.0. The molecule has 0 spiro atoms. The van der Waals surface area contributed by atoms with Crippen molar-refractivity contribution in [2.45, 2.75) is 39.3 Å². The van der Waals surface area contributed by atoms with E-state index < -0.39 is 0 Å². The number of carbonyl (C=O) groups excluding carboxylic acids is 2. The van der Waals surface area contributed by atoms with E-state index in [1.54, 1.807) is 27.6 Å². The molecule has 0 saturated carbocycles. The van der Waals surface area contributed by atoms with Gasteiger partial charge < -0.3 is 9.80 Å². The van der Waals surface area contributed by atoms with Crippen LogP contribution in [0.5, 0.6) is 0 Å². The Kier molecular flexibility index (Phi) is 8.66. The molecule has 158 valence electrons. The van der Waals surface area contributed by atoms with Crippen molar-refractivity contribution in [1.29, 1.82) is 0 Å². The monoisotopic (exact) mass is 440 g/mol. The smallest absolute Gasteiger partial charge is 0.242 e. The van der Waals surface area contributed by atoms with Crippen LogP contribution in [0.3, 0.4) is 0 Å². The minimum atomic E-state index is -0.0112. The Hall–Kier alpha value is -2.44. The highest BCUT2D eigenvalue weighted by Gasteiger charge is 2.22. The Morgan fingerprint density at radius 1 is 0.800 bits per heavy atom. The van der Waals surface area contributed by atoms with E-state index in [-0.39, 0.29) is 18.4 Å². The molecule has 3 aromatic rings. The van der Waals surface area contributed by atoms with Crippen molar-refractivity contribution in [3.63, 3.8) is 0 Å². The van der Waals surface area contributed by atoms with Gasteiger partial charge in [0.05, 0.1) is 19.5 Å². The number of rotatable bonds is 11. The summed E-state index contributed by atoms with van der Waals surface area (Å²) < 4.78 is 0. The molecule has 6 heteroatoms. The molecule has 2 amide bonds. The second kappa shape index (κ2) is 11.7. The Morgan fingerprint density at radius 3 is 2.13 bits per heavy atom. The second-order valence-electron chi connectivity index (χ2n) is 7.24. The average Bonchev–Trinajstić information content (AvgIpc) is 3.45. The molecule has 0 unspecified atom stereocenters. The van der Waals surface area contributed by atoms with E-state index in [0.29, 0.717) is 26.1 Å². The molecule has 0 saturated heterocycles. The molecule has 30 heavy (non-hydrogen) atoms. The highest BCUT2D eigenvalue weighted by molar-refractivity contribution is 7.10. The standard InChI is InChI=1S/C24H28N2O2S2/c1-2-3-13-25(23(27)16-21-11-7-14-29-21)19-24(28)26(18-22-12-8-15-30-22)17-20-9-5-4-6-10-20/h4-12,14-15H,2-3,13,16-19H2,1H3. The van der Waals surface area contributed by atoms with Crippen molar-refractivity contribution in [3.05, 3.63) is 80.7 Å². The molecule has 0 radical (unpaired) electrons. The van der Waals surface area contributed by atoms with Gasteiger partial charge in [0.1, 0.15) is 0 Å². The van der Waals surface area contributed by atoms with Gasteiger partial charge in [0.15, 0.2) is 0 Å². The third-order valence-electron chi connectivity index (χ3n) is 4.86. The van der Waals surface area contributed by atoms with E-state index >= 15 is 0 Å². The lowest BCUT2D eigenvalue weighted by Crippen LogP contribution is -2.43. The summed E-state index contributed by atoms with van der Waals surface area (Å²) in [7, 11) is 0. The van der Waals surface area contributed by atoms with Crippen molar-refractivity contribution >= 4 is 34.5 Å². The van der Waals surface area contributed by atoms with Crippen LogP contribution in [0.2, 0.25) is 0 Å². The number of benzene rings is 1. The fourth-order valence-electron chi connectivity index (χ4n) is 3.20. The van der Waals surface area contributed by atoms with Gasteiger partial charge >= 0.3 is 0 Å². The molecular weight excluding hydrogens is 412 g/mol. The lowest BCUT2D eigenvalue weighted by molar-refractivity contribution is -0.141. The predicted octanol–water partition coefficient (Wildman–Crippen LogP) is 5.21. The van der Waals surface area contributed by atoms with E-state index in [9.17, 15) is 9.59 Å². The fraction of sp³-hybridized carbons (Fsp3) is 0.333. The minimum absolute atomic E-state index is 0.0112. The molecule has 4 nitrogen and oxygen atoms in total. The van der Waals surface area contributed by atoms with Crippen LogP contribution in [-0.2, 0) is 29.1 Å². The van der Waals surface area contributed by atoms with Crippen molar-refractivity contribution in [3.8, 4) is 0 Å². The first-order valence-corrected chi connectivity index (χ1v) is 12.1. The molecule has 1 aromatic carbocycles. The van der Waals surface area contributed by atoms with E-state index in [0.717, 1.165) is 28.2 Å². The Bertz CT molecular complexity index is 893. The van der Waals surface area contributed by atoms with E-state index in [2.05, 4.69) is 6.92 Å². The molecule has 0 N–H and O–H groups in total. The van der Waals surface area contributed by atoms with Gasteiger partial charge in [-0.1, -0.05) is 55.8 Å². The maximum Gasteiger partial charge on any atom is 0.242 e. The van der Waals surface area contributed by atoms with Gasteiger partial charge in [0.25, 0.3) is 0 Å². The van der Waals surface area contributed by atoms with E-state index in [1.807, 2.05) is 70.3 Å². The van der Waals surface area contributed by atoms with Crippen LogP contribution in [0.15, 0.2) is 65.4 Å². The zero-order chi connectivity index (χ0) is 21.2. The summed E-state index contributed by atoms with van der Waals surface area (Å²) >= 11 is 3.23. The lowest BCUT2D eigenvalue weighted by atomic mass is 10.2. The highest BCUT2D eigenvalue weighted by atomic mass is 32.1.